The van der Waals surface area contributed by atoms with Crippen LogP contribution in [0.25, 0.3) is 16.9 Å². The van der Waals surface area contributed by atoms with E-state index in [0.717, 1.165) is 51.1 Å². The van der Waals surface area contributed by atoms with E-state index in [2.05, 4.69) is 17.1 Å². The summed E-state index contributed by atoms with van der Waals surface area (Å²) in [5.74, 6) is -2.30. The molecule has 3 fully saturated rings. The highest BCUT2D eigenvalue weighted by Gasteiger charge is 2.53. The number of hydrogen-bond donors (Lipinski definition) is 5. The maximum atomic E-state index is 14.5. The lowest BCUT2D eigenvalue weighted by molar-refractivity contribution is -0.151. The summed E-state index contributed by atoms with van der Waals surface area (Å²) in [6.45, 7) is 11.7. The van der Waals surface area contributed by atoms with E-state index >= 15 is 0 Å². The van der Waals surface area contributed by atoms with Gasteiger partial charge in [0.15, 0.2) is 5.69 Å². The molecule has 2 aromatic carbocycles. The van der Waals surface area contributed by atoms with Crippen LogP contribution in [0, 0.1) is 17.8 Å². The highest BCUT2D eigenvalue weighted by molar-refractivity contribution is 5.98. The Kier molecular flexibility index (Phi) is 26.4. The SMILES string of the molecule is CCC1CC2CCC(NC(=O)c3cc(-c4c(OC)cccc4OC)n(-c4ccc(C(=O)N(C)CCCN(C)CCCN(C)C(=O)CN5CCN(CC=O)CCN(CC(=O)O)CCN(CC(=O)O)CC5)cc4C(C)C)n3)(C(=O)O)C(C1)C2.CO. The van der Waals surface area contributed by atoms with Crippen LogP contribution in [0.2, 0.25) is 0 Å². The molecular weight excluding hydrogens is 1070 g/mol. The number of nitrogens with one attached hydrogen (secondary N) is 1. The minimum Gasteiger partial charge on any atom is -0.496 e. The van der Waals surface area contributed by atoms with Crippen LogP contribution in [0.4, 0.5) is 0 Å². The van der Waals surface area contributed by atoms with Gasteiger partial charge < -0.3 is 54.7 Å². The summed E-state index contributed by atoms with van der Waals surface area (Å²) in [4.78, 5) is 103. The van der Waals surface area contributed by atoms with Crippen molar-refractivity contribution in [2.24, 2.45) is 17.8 Å². The Morgan fingerprint density at radius 2 is 1.30 bits per heavy atom. The Hall–Kier alpha value is -6.50. The number of carbonyl (C=O) groups is 7. The summed E-state index contributed by atoms with van der Waals surface area (Å²) in [5, 5.41) is 44.8. The molecule has 1 aromatic heterocycles. The fraction of sp³-hybridized carbons (Fsp3) is 0.633. The lowest BCUT2D eigenvalue weighted by atomic mass is 9.59. The number of fused-ring (bicyclic) bond motifs is 2. The van der Waals surface area contributed by atoms with E-state index in [0.29, 0.717) is 144 Å². The van der Waals surface area contributed by atoms with Crippen molar-refractivity contribution in [2.45, 2.75) is 83.6 Å². The van der Waals surface area contributed by atoms with Crippen molar-refractivity contribution >= 4 is 41.9 Å². The summed E-state index contributed by atoms with van der Waals surface area (Å²) in [5.41, 5.74) is 1.56. The molecule has 2 saturated carbocycles. The number of benzene rings is 2. The molecule has 2 bridgehead atoms. The first-order chi connectivity index (χ1) is 39.7. The zero-order valence-corrected chi connectivity index (χ0v) is 50.4. The van der Waals surface area contributed by atoms with Gasteiger partial charge in [-0.05, 0) is 131 Å². The first-order valence-electron chi connectivity index (χ1n) is 29.1. The predicted molar refractivity (Wildman–Crippen MR) is 314 cm³/mol. The predicted octanol–water partition coefficient (Wildman–Crippen LogP) is 3.91. The van der Waals surface area contributed by atoms with E-state index in [1.165, 1.54) is 0 Å². The van der Waals surface area contributed by atoms with Crippen molar-refractivity contribution in [2.75, 3.05) is 147 Å². The van der Waals surface area contributed by atoms with Gasteiger partial charge in [0.2, 0.25) is 5.91 Å². The molecule has 0 spiro atoms. The number of aliphatic hydroxyl groups is 1. The molecule has 2 aliphatic carbocycles. The summed E-state index contributed by atoms with van der Waals surface area (Å²) >= 11 is 0. The largest absolute Gasteiger partial charge is 0.496 e. The fourth-order valence-corrected chi connectivity index (χ4v) is 12.0. The molecule has 83 heavy (non-hydrogen) atoms. The van der Waals surface area contributed by atoms with Crippen LogP contribution in [-0.2, 0) is 24.0 Å². The lowest BCUT2D eigenvalue weighted by Crippen LogP contribution is -2.62. The van der Waals surface area contributed by atoms with Crippen molar-refractivity contribution in [3.05, 3.63) is 59.3 Å². The number of amides is 3. The number of hydrogen-bond acceptors (Lipinski definition) is 16. The van der Waals surface area contributed by atoms with Gasteiger partial charge in [-0.15, -0.1) is 0 Å². The van der Waals surface area contributed by atoms with Gasteiger partial charge in [0.05, 0.1) is 57.3 Å². The third-order valence-corrected chi connectivity index (χ3v) is 16.8. The summed E-state index contributed by atoms with van der Waals surface area (Å²) in [6, 6.07) is 12.5. The number of nitrogens with zero attached hydrogens (tertiary/aromatic N) is 9. The zero-order chi connectivity index (χ0) is 61.0. The molecule has 6 rings (SSSR count). The Morgan fingerprint density at radius 1 is 0.747 bits per heavy atom. The van der Waals surface area contributed by atoms with E-state index in [-0.39, 0.29) is 55.5 Å². The van der Waals surface area contributed by atoms with Crippen LogP contribution in [0.1, 0.15) is 104 Å². The summed E-state index contributed by atoms with van der Waals surface area (Å²) in [6.07, 6.45) is 6.87. The molecule has 1 saturated heterocycles. The number of rotatable bonds is 26. The van der Waals surface area contributed by atoms with Crippen molar-refractivity contribution in [3.8, 4) is 28.4 Å². The second kappa shape index (κ2) is 32.5. The fourth-order valence-electron chi connectivity index (χ4n) is 12.0. The normalized spacial score (nSPS) is 20.3. The molecule has 23 heteroatoms. The van der Waals surface area contributed by atoms with E-state index in [1.54, 1.807) is 82.9 Å². The van der Waals surface area contributed by atoms with E-state index in [4.69, 9.17) is 19.7 Å². The summed E-state index contributed by atoms with van der Waals surface area (Å²) in [7, 11) is 9.66. The van der Waals surface area contributed by atoms with Crippen molar-refractivity contribution in [3.63, 3.8) is 0 Å². The van der Waals surface area contributed by atoms with Crippen LogP contribution >= 0.6 is 0 Å². The molecule has 4 atom stereocenters. The molecule has 460 valence electrons. The number of carboxylic acids is 3. The number of aliphatic hydroxyl groups excluding tert-OH is 1. The molecule has 3 aliphatic rings. The van der Waals surface area contributed by atoms with Crippen LogP contribution < -0.4 is 14.8 Å². The van der Waals surface area contributed by atoms with Crippen molar-refractivity contribution < 1.29 is 63.5 Å². The van der Waals surface area contributed by atoms with Gasteiger partial charge >= 0.3 is 17.9 Å². The average molecular weight is 1160 g/mol. The molecule has 23 nitrogen and oxygen atoms in total. The van der Waals surface area contributed by atoms with Crippen LogP contribution in [0.5, 0.6) is 11.5 Å². The molecule has 5 N–H and O–H groups in total. The molecule has 4 unspecified atom stereocenters. The topological polar surface area (TPSA) is 271 Å². The van der Waals surface area contributed by atoms with Gasteiger partial charge in [-0.25, -0.2) is 9.48 Å². The van der Waals surface area contributed by atoms with Gasteiger partial charge in [0, 0.05) is 92.2 Å². The van der Waals surface area contributed by atoms with Crippen molar-refractivity contribution in [1.29, 1.82) is 0 Å². The third-order valence-electron chi connectivity index (χ3n) is 16.8. The Morgan fingerprint density at radius 3 is 1.82 bits per heavy atom. The maximum absolute atomic E-state index is 14.5. The second-order valence-corrected chi connectivity index (χ2v) is 22.7. The first-order valence-corrected chi connectivity index (χ1v) is 29.1. The van der Waals surface area contributed by atoms with Crippen LogP contribution in [0.15, 0.2) is 42.5 Å². The molecule has 0 radical (unpaired) electrons. The Labute approximate surface area is 489 Å². The quantitative estimate of drug-likeness (QED) is 0.0713. The van der Waals surface area contributed by atoms with Gasteiger partial charge in [-0.3, -0.25) is 43.6 Å². The number of methoxy groups -OCH3 is 2. The molecule has 2 heterocycles. The highest BCUT2D eigenvalue weighted by atomic mass is 16.5. The average Bonchev–Trinajstić information content (AvgIpc) is 2.60. The second-order valence-electron chi connectivity index (χ2n) is 22.7. The zero-order valence-electron chi connectivity index (χ0n) is 50.4. The number of carboxylic acid groups (broad SMARTS) is 3. The van der Waals surface area contributed by atoms with Crippen molar-refractivity contribution in [1.82, 2.24) is 49.4 Å². The highest BCUT2D eigenvalue weighted by Crippen LogP contribution is 2.49. The Balaban J connectivity index is 0.00000624. The molecule has 1 aliphatic heterocycles. The van der Waals surface area contributed by atoms with E-state index < -0.39 is 29.4 Å². The number of ether oxygens (including phenoxy) is 2. The smallest absolute Gasteiger partial charge is 0.329 e. The Bertz CT molecular complexity index is 2630. The maximum Gasteiger partial charge on any atom is 0.329 e. The standard InChI is InChI=1S/C59H88N10O12.CH4O/c1-9-42-33-43-17-18-59(58(78)79,45(34-42)35-43)60-56(76)47-37-49(55-50(80-7)13-10-14-51(55)81-8)69(61-47)48-16-15-44(36-46(48)41(2)3)57(77)64(6)22-12-20-62(4)19-11-21-63(5)52(71)38-66-25-23-65(31-32-70)24-26-67(39-53(72)73)29-30-68(28-27-66)40-54(74)75;1-2/h10,13-16,32,36-37,41-43,45H,9,11-12,17-31,33-35,38-40H2,1-8H3,(H,60,76)(H,72,73)(H,74,75)(H,78,79);2H,1H3. The minimum absolute atomic E-state index is 0.0365. The van der Waals surface area contributed by atoms with E-state index in [1.807, 2.05) is 42.8 Å². The van der Waals surface area contributed by atoms with Gasteiger partial charge in [-0.1, -0.05) is 33.3 Å². The number of likely N-dealkylation sites (N-methyl/N-ethyl adjacent to an activating group) is 1. The van der Waals surface area contributed by atoms with Gasteiger partial charge in [0.1, 0.15) is 23.3 Å². The molecule has 3 aromatic rings. The van der Waals surface area contributed by atoms with Gasteiger partial charge in [-0.2, -0.15) is 5.10 Å². The molecular formula is C60H92N10O13. The van der Waals surface area contributed by atoms with E-state index in [9.17, 15) is 48.9 Å². The number of carbonyl (C=O) groups excluding carboxylic acids is 4. The van der Waals surface area contributed by atoms with Gasteiger partial charge in [0.25, 0.3) is 11.8 Å². The summed E-state index contributed by atoms with van der Waals surface area (Å²) < 4.78 is 13.3. The number of aromatic nitrogens is 2. The first kappa shape index (κ1) is 67.3. The van der Waals surface area contributed by atoms with Crippen LogP contribution in [-0.4, -0.2) is 259 Å². The third kappa shape index (κ3) is 18.5. The number of aliphatic carboxylic acids is 3. The lowest BCUT2D eigenvalue weighted by Gasteiger charge is -2.49. The monoisotopic (exact) mass is 1160 g/mol. The molecule has 3 amide bonds. The number of aldehydes is 1. The minimum atomic E-state index is -1.42. The van der Waals surface area contributed by atoms with Crippen LogP contribution in [0.3, 0.4) is 0 Å².